The fourth-order valence-electron chi connectivity index (χ4n) is 2.57. The van der Waals surface area contributed by atoms with Crippen LogP contribution in [0.1, 0.15) is 0 Å². The third kappa shape index (κ3) is 2.10. The summed E-state index contributed by atoms with van der Waals surface area (Å²) in [7, 11) is 2.01. The van der Waals surface area contributed by atoms with Gasteiger partial charge in [0.1, 0.15) is 18.1 Å². The average Bonchev–Trinajstić information content (AvgIpc) is 3.29. The minimum atomic E-state index is 1.06. The number of nitrogens with zero attached hydrogens (tertiary/aromatic N) is 4. The second-order valence-corrected chi connectivity index (χ2v) is 5.19. The number of nitrogens with one attached hydrogen (secondary N) is 2. The van der Waals surface area contributed by atoms with Crippen molar-refractivity contribution in [2.75, 3.05) is 0 Å². The summed E-state index contributed by atoms with van der Waals surface area (Å²) in [6.45, 7) is 0. The Morgan fingerprint density at radius 3 is 2.41 bits per heavy atom. The standard InChI is InChI=1S/C16H15N6/c1-21-4-5-22(11-21)16-6-12(13-7-17-18-8-13)2-3-15(16)14-9-19-20-10-14/h2-11H,1H3,(H,17,18)(H,19,20)/q+1. The summed E-state index contributed by atoms with van der Waals surface area (Å²) >= 11 is 0. The maximum Gasteiger partial charge on any atom is 0.248 e. The first kappa shape index (κ1) is 12.6. The summed E-state index contributed by atoms with van der Waals surface area (Å²) in [5.41, 5.74) is 5.46. The van der Waals surface area contributed by atoms with Gasteiger partial charge in [0.2, 0.25) is 6.33 Å². The molecule has 4 aromatic rings. The Morgan fingerprint density at radius 1 is 1.00 bits per heavy atom. The lowest BCUT2D eigenvalue weighted by molar-refractivity contribution is -0.670. The van der Waals surface area contributed by atoms with Gasteiger partial charge in [-0.3, -0.25) is 10.2 Å². The molecule has 0 bridgehead atoms. The van der Waals surface area contributed by atoms with Crippen molar-refractivity contribution in [3.05, 3.63) is 61.7 Å². The summed E-state index contributed by atoms with van der Waals surface area (Å²) in [6.07, 6.45) is 13.6. The lowest BCUT2D eigenvalue weighted by atomic mass is 10.0. The van der Waals surface area contributed by atoms with Gasteiger partial charge in [-0.15, -0.1) is 0 Å². The molecule has 22 heavy (non-hydrogen) atoms. The fraction of sp³-hybridized carbons (Fsp3) is 0.0625. The monoisotopic (exact) mass is 291 g/mol. The van der Waals surface area contributed by atoms with Gasteiger partial charge in [-0.25, -0.2) is 9.13 Å². The zero-order chi connectivity index (χ0) is 14.9. The fourth-order valence-corrected chi connectivity index (χ4v) is 2.57. The van der Waals surface area contributed by atoms with Crippen molar-refractivity contribution in [1.82, 2.24) is 25.0 Å². The van der Waals surface area contributed by atoms with E-state index in [0.29, 0.717) is 0 Å². The van der Waals surface area contributed by atoms with Crippen molar-refractivity contribution in [2.24, 2.45) is 7.05 Å². The number of imidazole rings is 1. The highest BCUT2D eigenvalue weighted by atomic mass is 15.1. The van der Waals surface area contributed by atoms with Crippen LogP contribution in [0.4, 0.5) is 0 Å². The van der Waals surface area contributed by atoms with Gasteiger partial charge in [0, 0.05) is 29.1 Å². The molecule has 4 rings (SSSR count). The Balaban J connectivity index is 1.92. The molecule has 0 spiro atoms. The summed E-state index contributed by atoms with van der Waals surface area (Å²) in [6, 6.07) is 6.37. The second-order valence-electron chi connectivity index (χ2n) is 5.19. The molecule has 6 nitrogen and oxygen atoms in total. The van der Waals surface area contributed by atoms with Crippen molar-refractivity contribution in [2.45, 2.75) is 0 Å². The molecule has 3 heterocycles. The normalized spacial score (nSPS) is 11.0. The third-order valence-electron chi connectivity index (χ3n) is 3.69. The van der Waals surface area contributed by atoms with E-state index in [2.05, 4.69) is 43.2 Å². The molecule has 0 radical (unpaired) electrons. The van der Waals surface area contributed by atoms with Crippen LogP contribution in [0.25, 0.3) is 27.9 Å². The first-order valence-electron chi connectivity index (χ1n) is 6.97. The van der Waals surface area contributed by atoms with Gasteiger partial charge in [-0.2, -0.15) is 10.2 Å². The maximum atomic E-state index is 4.06. The molecule has 3 aromatic heterocycles. The van der Waals surface area contributed by atoms with Crippen LogP contribution in [0, 0.1) is 0 Å². The molecule has 0 saturated heterocycles. The Hall–Kier alpha value is -3.15. The van der Waals surface area contributed by atoms with Gasteiger partial charge in [-0.1, -0.05) is 6.07 Å². The van der Waals surface area contributed by atoms with Gasteiger partial charge >= 0.3 is 0 Å². The minimum absolute atomic E-state index is 1.06. The van der Waals surface area contributed by atoms with Crippen LogP contribution in [-0.4, -0.2) is 25.0 Å². The van der Waals surface area contributed by atoms with E-state index in [4.69, 9.17) is 0 Å². The van der Waals surface area contributed by atoms with Crippen LogP contribution in [0.2, 0.25) is 0 Å². The molecule has 2 N–H and O–H groups in total. The largest absolute Gasteiger partial charge is 0.285 e. The van der Waals surface area contributed by atoms with Gasteiger partial charge in [0.05, 0.1) is 19.4 Å². The third-order valence-corrected chi connectivity index (χ3v) is 3.69. The van der Waals surface area contributed by atoms with Crippen LogP contribution in [0.15, 0.2) is 61.7 Å². The zero-order valence-corrected chi connectivity index (χ0v) is 12.1. The van der Waals surface area contributed by atoms with Gasteiger partial charge < -0.3 is 0 Å². The van der Waals surface area contributed by atoms with Crippen molar-refractivity contribution in [3.8, 4) is 27.9 Å². The molecule has 6 heteroatoms. The molecule has 0 amide bonds. The molecule has 108 valence electrons. The molecule has 0 saturated carbocycles. The van der Waals surface area contributed by atoms with Crippen LogP contribution in [-0.2, 0) is 7.05 Å². The number of hydrogen-bond donors (Lipinski definition) is 2. The van der Waals surface area contributed by atoms with E-state index in [9.17, 15) is 0 Å². The lowest BCUT2D eigenvalue weighted by Crippen LogP contribution is -2.23. The number of rotatable bonds is 3. The minimum Gasteiger partial charge on any atom is -0.285 e. The summed E-state index contributed by atoms with van der Waals surface area (Å²) < 4.78 is 4.12. The highest BCUT2D eigenvalue weighted by Gasteiger charge is 2.15. The van der Waals surface area contributed by atoms with Crippen LogP contribution in [0.3, 0.4) is 0 Å². The number of aromatic nitrogens is 6. The first-order valence-corrected chi connectivity index (χ1v) is 6.97. The number of hydrogen-bond acceptors (Lipinski definition) is 2. The summed E-state index contributed by atoms with van der Waals surface area (Å²) in [5.74, 6) is 0. The van der Waals surface area contributed by atoms with Gasteiger partial charge in [0.25, 0.3) is 0 Å². The quantitative estimate of drug-likeness (QED) is 0.568. The molecule has 0 aliphatic rings. The SMILES string of the molecule is C[n+]1ccn(-c2cc(-c3cn[nH]c3)ccc2-c2cn[nH]c2)c1. The van der Waals surface area contributed by atoms with Crippen LogP contribution in [0.5, 0.6) is 0 Å². The molecule has 1 aromatic carbocycles. The smallest absolute Gasteiger partial charge is 0.248 e. The number of H-pyrrole nitrogens is 2. The van der Waals surface area contributed by atoms with Crippen molar-refractivity contribution in [1.29, 1.82) is 0 Å². The highest BCUT2D eigenvalue weighted by Crippen LogP contribution is 2.30. The second kappa shape index (κ2) is 5.00. The molecule has 0 fully saturated rings. The Morgan fingerprint density at radius 2 is 1.77 bits per heavy atom. The molecule has 0 atom stereocenters. The van der Waals surface area contributed by atoms with E-state index in [1.54, 1.807) is 0 Å². The van der Waals surface area contributed by atoms with Crippen LogP contribution < -0.4 is 4.57 Å². The van der Waals surface area contributed by atoms with E-state index in [1.807, 2.05) is 55.1 Å². The average molecular weight is 291 g/mol. The zero-order valence-electron chi connectivity index (χ0n) is 12.1. The highest BCUT2D eigenvalue weighted by molar-refractivity contribution is 5.77. The first-order chi connectivity index (χ1) is 10.8. The van der Waals surface area contributed by atoms with Gasteiger partial charge in [0.15, 0.2) is 0 Å². The summed E-state index contributed by atoms with van der Waals surface area (Å²) in [4.78, 5) is 0. The van der Waals surface area contributed by atoms with E-state index in [-0.39, 0.29) is 0 Å². The number of aryl methyl sites for hydroxylation is 1. The number of aromatic amines is 2. The topological polar surface area (TPSA) is 66.2 Å². The maximum absolute atomic E-state index is 4.06. The molecule has 0 aliphatic carbocycles. The van der Waals surface area contributed by atoms with E-state index < -0.39 is 0 Å². The number of benzene rings is 1. The Labute approximate surface area is 127 Å². The van der Waals surface area contributed by atoms with E-state index in [0.717, 1.165) is 27.9 Å². The van der Waals surface area contributed by atoms with Crippen molar-refractivity contribution in [3.63, 3.8) is 0 Å². The van der Waals surface area contributed by atoms with E-state index >= 15 is 0 Å². The van der Waals surface area contributed by atoms with E-state index in [1.165, 1.54) is 0 Å². The predicted molar refractivity (Wildman–Crippen MR) is 82.1 cm³/mol. The van der Waals surface area contributed by atoms with Gasteiger partial charge in [-0.05, 0) is 17.7 Å². The molecular formula is C16H15N6+. The van der Waals surface area contributed by atoms with Crippen molar-refractivity contribution >= 4 is 0 Å². The Kier molecular flexibility index (Phi) is 2.86. The Bertz CT molecular complexity index is 887. The predicted octanol–water partition coefficient (Wildman–Crippen LogP) is 2.08. The molecular weight excluding hydrogens is 276 g/mol. The molecule has 0 aliphatic heterocycles. The van der Waals surface area contributed by atoms with Crippen molar-refractivity contribution < 1.29 is 4.57 Å². The lowest BCUT2D eigenvalue weighted by Gasteiger charge is -2.07. The molecule has 0 unspecified atom stereocenters. The van der Waals surface area contributed by atoms with Crippen LogP contribution >= 0.6 is 0 Å². The summed E-state index contributed by atoms with van der Waals surface area (Å²) in [5, 5.41) is 13.8.